The smallest absolute Gasteiger partial charge is 0.246 e. The van der Waals surface area contributed by atoms with Crippen LogP contribution in [0.25, 0.3) is 16.3 Å². The lowest BCUT2D eigenvalue weighted by Gasteiger charge is -2.14. The predicted octanol–water partition coefficient (Wildman–Crippen LogP) is 5.01. The number of ether oxygens (including phenoxy) is 2. The summed E-state index contributed by atoms with van der Waals surface area (Å²) in [6, 6.07) is 13.6. The van der Waals surface area contributed by atoms with E-state index in [-0.39, 0.29) is 5.91 Å². The summed E-state index contributed by atoms with van der Waals surface area (Å²) in [6.07, 6.45) is 3.35. The Balaban J connectivity index is 1.64. The van der Waals surface area contributed by atoms with Crippen LogP contribution in [0.4, 0.5) is 0 Å². The van der Waals surface area contributed by atoms with E-state index >= 15 is 0 Å². The lowest BCUT2D eigenvalue weighted by molar-refractivity contribution is -0.125. The standard InChI is InChI=1S/C23H26N2O3S/c1-16(2)15-28-19-11-9-17(13-20(19)27-4)10-12-23(26)25(3)14-22-24-18-7-5-6-8-21(18)29-22/h5-13,16H,14-15H2,1-4H3/b12-10+. The molecular formula is C23H26N2O3S. The molecule has 0 aliphatic rings. The molecule has 29 heavy (non-hydrogen) atoms. The minimum absolute atomic E-state index is 0.0802. The molecule has 5 nitrogen and oxygen atoms in total. The van der Waals surface area contributed by atoms with Crippen LogP contribution in [-0.4, -0.2) is 36.6 Å². The van der Waals surface area contributed by atoms with Gasteiger partial charge in [-0.15, -0.1) is 11.3 Å². The van der Waals surface area contributed by atoms with Crippen LogP contribution in [0.1, 0.15) is 24.4 Å². The van der Waals surface area contributed by atoms with Crippen molar-refractivity contribution in [1.82, 2.24) is 9.88 Å². The number of methoxy groups -OCH3 is 1. The fraction of sp³-hybridized carbons (Fsp3) is 0.304. The number of fused-ring (bicyclic) bond motifs is 1. The van der Waals surface area contributed by atoms with Gasteiger partial charge in [-0.25, -0.2) is 4.98 Å². The van der Waals surface area contributed by atoms with Gasteiger partial charge in [0.05, 0.1) is 30.5 Å². The van der Waals surface area contributed by atoms with Crippen molar-refractivity contribution < 1.29 is 14.3 Å². The van der Waals surface area contributed by atoms with Crippen molar-refractivity contribution in [2.24, 2.45) is 5.92 Å². The number of hydrogen-bond acceptors (Lipinski definition) is 5. The minimum Gasteiger partial charge on any atom is -0.493 e. The molecule has 3 rings (SSSR count). The Morgan fingerprint density at radius 2 is 2.00 bits per heavy atom. The highest BCUT2D eigenvalue weighted by Crippen LogP contribution is 2.29. The summed E-state index contributed by atoms with van der Waals surface area (Å²) in [7, 11) is 3.39. The summed E-state index contributed by atoms with van der Waals surface area (Å²) >= 11 is 1.61. The quantitative estimate of drug-likeness (QED) is 0.490. The van der Waals surface area contributed by atoms with Crippen LogP contribution < -0.4 is 9.47 Å². The van der Waals surface area contributed by atoms with E-state index < -0.39 is 0 Å². The molecular weight excluding hydrogens is 384 g/mol. The highest BCUT2D eigenvalue weighted by molar-refractivity contribution is 7.18. The lowest BCUT2D eigenvalue weighted by Crippen LogP contribution is -2.23. The van der Waals surface area contributed by atoms with E-state index in [2.05, 4.69) is 18.8 Å². The molecule has 0 atom stereocenters. The molecule has 0 saturated heterocycles. The minimum atomic E-state index is -0.0802. The molecule has 0 N–H and O–H groups in total. The molecule has 0 bridgehead atoms. The predicted molar refractivity (Wildman–Crippen MR) is 118 cm³/mol. The summed E-state index contributed by atoms with van der Waals surface area (Å²) < 4.78 is 12.3. The molecule has 0 unspecified atom stereocenters. The zero-order valence-electron chi connectivity index (χ0n) is 17.2. The largest absolute Gasteiger partial charge is 0.493 e. The molecule has 0 aliphatic carbocycles. The number of amides is 1. The SMILES string of the molecule is COc1cc(/C=C/C(=O)N(C)Cc2nc3ccccc3s2)ccc1OCC(C)C. The van der Waals surface area contributed by atoms with E-state index in [1.165, 1.54) is 0 Å². The summed E-state index contributed by atoms with van der Waals surface area (Å²) in [5, 5.41) is 0.920. The van der Waals surface area contributed by atoms with Crippen molar-refractivity contribution in [1.29, 1.82) is 0 Å². The van der Waals surface area contributed by atoms with Crippen LogP contribution in [0.15, 0.2) is 48.5 Å². The summed E-state index contributed by atoms with van der Waals surface area (Å²) in [4.78, 5) is 18.7. The number of rotatable bonds is 8. The first-order valence-corrected chi connectivity index (χ1v) is 10.4. The van der Waals surface area contributed by atoms with Gasteiger partial charge in [0.15, 0.2) is 11.5 Å². The van der Waals surface area contributed by atoms with Crippen molar-refractivity contribution in [2.75, 3.05) is 20.8 Å². The first kappa shape index (κ1) is 20.9. The van der Waals surface area contributed by atoms with Crippen molar-refractivity contribution in [3.05, 3.63) is 59.1 Å². The van der Waals surface area contributed by atoms with Crippen LogP contribution >= 0.6 is 11.3 Å². The fourth-order valence-electron chi connectivity index (χ4n) is 2.73. The Kier molecular flexibility index (Phi) is 6.88. The topological polar surface area (TPSA) is 51.7 Å². The second kappa shape index (κ2) is 9.56. The van der Waals surface area contributed by atoms with Gasteiger partial charge in [0.25, 0.3) is 0 Å². The third-order valence-electron chi connectivity index (χ3n) is 4.27. The van der Waals surface area contributed by atoms with Gasteiger partial charge in [0.1, 0.15) is 5.01 Å². The number of benzene rings is 2. The van der Waals surface area contributed by atoms with Gasteiger partial charge in [0.2, 0.25) is 5.91 Å². The molecule has 1 amide bonds. The van der Waals surface area contributed by atoms with Crippen LogP contribution in [0, 0.1) is 5.92 Å². The van der Waals surface area contributed by atoms with E-state index in [0.29, 0.717) is 30.6 Å². The van der Waals surface area contributed by atoms with E-state index in [0.717, 1.165) is 20.8 Å². The van der Waals surface area contributed by atoms with Crippen molar-refractivity contribution in [3.63, 3.8) is 0 Å². The normalized spacial score (nSPS) is 11.3. The van der Waals surface area contributed by atoms with E-state index in [1.807, 2.05) is 42.5 Å². The highest BCUT2D eigenvalue weighted by Gasteiger charge is 2.10. The van der Waals surface area contributed by atoms with E-state index in [4.69, 9.17) is 9.47 Å². The Morgan fingerprint density at radius 3 is 2.72 bits per heavy atom. The van der Waals surface area contributed by atoms with Crippen molar-refractivity contribution >= 4 is 33.5 Å². The number of thiazole rings is 1. The maximum Gasteiger partial charge on any atom is 0.246 e. The molecule has 0 aliphatic heterocycles. The van der Waals surface area contributed by atoms with E-state index in [1.54, 1.807) is 42.5 Å². The van der Waals surface area contributed by atoms with Crippen molar-refractivity contribution in [3.8, 4) is 11.5 Å². The zero-order valence-corrected chi connectivity index (χ0v) is 18.0. The van der Waals surface area contributed by atoms with Gasteiger partial charge in [-0.1, -0.05) is 32.0 Å². The zero-order chi connectivity index (χ0) is 20.8. The molecule has 0 fully saturated rings. The third-order valence-corrected chi connectivity index (χ3v) is 5.29. The number of nitrogens with zero attached hydrogens (tertiary/aromatic N) is 2. The molecule has 2 aromatic carbocycles. The van der Waals surface area contributed by atoms with Gasteiger partial charge in [-0.3, -0.25) is 4.79 Å². The van der Waals surface area contributed by atoms with Crippen molar-refractivity contribution in [2.45, 2.75) is 20.4 Å². The molecule has 152 valence electrons. The number of hydrogen-bond donors (Lipinski definition) is 0. The molecule has 0 spiro atoms. The van der Waals surface area contributed by atoms with Gasteiger partial charge in [-0.2, -0.15) is 0 Å². The van der Waals surface area contributed by atoms with E-state index in [9.17, 15) is 4.79 Å². The Hall–Kier alpha value is -2.86. The molecule has 1 heterocycles. The maximum absolute atomic E-state index is 12.5. The molecule has 1 aromatic heterocycles. The molecule has 0 radical (unpaired) electrons. The average molecular weight is 411 g/mol. The molecule has 0 saturated carbocycles. The number of para-hydroxylation sites is 1. The first-order valence-electron chi connectivity index (χ1n) is 9.54. The fourth-order valence-corrected chi connectivity index (χ4v) is 3.75. The Bertz CT molecular complexity index is 977. The van der Waals surface area contributed by atoms with Gasteiger partial charge in [-0.05, 0) is 41.8 Å². The first-order chi connectivity index (χ1) is 14.0. The Morgan fingerprint density at radius 1 is 1.21 bits per heavy atom. The maximum atomic E-state index is 12.5. The number of carbonyl (C=O) groups excluding carboxylic acids is 1. The van der Waals surface area contributed by atoms with Crippen LogP contribution in [0.5, 0.6) is 11.5 Å². The monoisotopic (exact) mass is 410 g/mol. The average Bonchev–Trinajstić information content (AvgIpc) is 3.12. The summed E-state index contributed by atoms with van der Waals surface area (Å²) in [6.45, 7) is 5.30. The number of likely N-dealkylation sites (N-methyl/N-ethyl adjacent to an activating group) is 1. The van der Waals surface area contributed by atoms with Crippen LogP contribution in [0.3, 0.4) is 0 Å². The highest BCUT2D eigenvalue weighted by atomic mass is 32.1. The summed E-state index contributed by atoms with van der Waals surface area (Å²) in [5.74, 6) is 1.71. The Labute approximate surface area is 175 Å². The van der Waals surface area contributed by atoms with Gasteiger partial charge < -0.3 is 14.4 Å². The summed E-state index contributed by atoms with van der Waals surface area (Å²) in [5.41, 5.74) is 1.84. The lowest BCUT2D eigenvalue weighted by atomic mass is 10.2. The molecule has 3 aromatic rings. The second-order valence-electron chi connectivity index (χ2n) is 7.22. The number of aromatic nitrogens is 1. The van der Waals surface area contributed by atoms with Gasteiger partial charge >= 0.3 is 0 Å². The second-order valence-corrected chi connectivity index (χ2v) is 8.33. The third kappa shape index (κ3) is 5.57. The van der Waals surface area contributed by atoms with Crippen LogP contribution in [0.2, 0.25) is 0 Å². The van der Waals surface area contributed by atoms with Crippen LogP contribution in [-0.2, 0) is 11.3 Å². The van der Waals surface area contributed by atoms with Gasteiger partial charge in [0, 0.05) is 13.1 Å². The number of carbonyl (C=O) groups is 1. The molecule has 6 heteroatoms.